The van der Waals surface area contributed by atoms with Gasteiger partial charge in [0.1, 0.15) is 0 Å². The molecule has 0 spiro atoms. The molecule has 1 N–H and O–H groups in total. The van der Waals surface area contributed by atoms with Crippen LogP contribution >= 0.6 is 0 Å². The lowest BCUT2D eigenvalue weighted by atomic mass is 10.4. The third kappa shape index (κ3) is 3.89. The normalized spacial score (nSPS) is 11.1. The first kappa shape index (κ1) is 11.2. The Hall–Kier alpha value is -0.870. The van der Waals surface area contributed by atoms with Crippen LogP contribution in [0.1, 0.15) is 12.6 Å². The lowest BCUT2D eigenvalue weighted by Gasteiger charge is -2.13. The average Bonchev–Trinajstić information content (AvgIpc) is 2.58. The van der Waals surface area contributed by atoms with Crippen molar-refractivity contribution in [1.29, 1.82) is 0 Å². The predicted molar refractivity (Wildman–Crippen MR) is 58.1 cm³/mol. The molecule has 0 atom stereocenters. The highest BCUT2D eigenvalue weighted by Gasteiger charge is 1.96. The number of aromatic nitrogens is 2. The van der Waals surface area contributed by atoms with E-state index in [-0.39, 0.29) is 0 Å². The van der Waals surface area contributed by atoms with Gasteiger partial charge < -0.3 is 10.2 Å². The molecule has 0 bridgehead atoms. The first-order valence-electron chi connectivity index (χ1n) is 5.10. The van der Waals surface area contributed by atoms with Crippen LogP contribution in [0, 0.1) is 0 Å². The van der Waals surface area contributed by atoms with Gasteiger partial charge in [0.05, 0.1) is 5.69 Å². The highest BCUT2D eigenvalue weighted by atomic mass is 15.3. The summed E-state index contributed by atoms with van der Waals surface area (Å²) >= 11 is 0. The number of hydrogen-bond acceptors (Lipinski definition) is 3. The fourth-order valence-corrected chi connectivity index (χ4v) is 1.20. The molecule has 0 fully saturated rings. The van der Waals surface area contributed by atoms with Crippen molar-refractivity contribution in [2.75, 3.05) is 26.7 Å². The van der Waals surface area contributed by atoms with Crippen molar-refractivity contribution in [3.63, 3.8) is 0 Å². The monoisotopic (exact) mass is 196 g/mol. The molecule has 0 aliphatic rings. The van der Waals surface area contributed by atoms with E-state index in [1.54, 1.807) is 0 Å². The largest absolute Gasteiger partial charge is 0.310 e. The van der Waals surface area contributed by atoms with Crippen molar-refractivity contribution in [2.24, 2.45) is 7.05 Å². The molecule has 4 heteroatoms. The molecule has 0 aromatic carbocycles. The Morgan fingerprint density at radius 1 is 1.57 bits per heavy atom. The van der Waals surface area contributed by atoms with Gasteiger partial charge in [-0.1, -0.05) is 6.92 Å². The van der Waals surface area contributed by atoms with Gasteiger partial charge in [-0.2, -0.15) is 5.10 Å². The molecule has 0 saturated carbocycles. The summed E-state index contributed by atoms with van der Waals surface area (Å²) in [6.45, 7) is 6.23. The second kappa shape index (κ2) is 5.78. The van der Waals surface area contributed by atoms with Gasteiger partial charge in [-0.05, 0) is 19.7 Å². The van der Waals surface area contributed by atoms with Crippen LogP contribution in [0.3, 0.4) is 0 Å². The lowest BCUT2D eigenvalue weighted by molar-refractivity contribution is 0.348. The molecule has 14 heavy (non-hydrogen) atoms. The second-order valence-electron chi connectivity index (χ2n) is 3.55. The summed E-state index contributed by atoms with van der Waals surface area (Å²) in [6, 6.07) is 2.04. The summed E-state index contributed by atoms with van der Waals surface area (Å²) < 4.78 is 1.83. The van der Waals surface area contributed by atoms with E-state index in [1.807, 2.05) is 24.0 Å². The van der Waals surface area contributed by atoms with Crippen LogP contribution in [0.15, 0.2) is 12.3 Å². The van der Waals surface area contributed by atoms with Crippen molar-refractivity contribution < 1.29 is 0 Å². The van der Waals surface area contributed by atoms with Crippen LogP contribution in [0.25, 0.3) is 0 Å². The zero-order chi connectivity index (χ0) is 10.4. The first-order valence-corrected chi connectivity index (χ1v) is 5.10. The topological polar surface area (TPSA) is 33.1 Å². The van der Waals surface area contributed by atoms with E-state index in [4.69, 9.17) is 0 Å². The van der Waals surface area contributed by atoms with Gasteiger partial charge in [0.15, 0.2) is 0 Å². The van der Waals surface area contributed by atoms with Crippen molar-refractivity contribution in [3.05, 3.63) is 18.0 Å². The zero-order valence-electron chi connectivity index (χ0n) is 9.32. The van der Waals surface area contributed by atoms with Crippen LogP contribution in [0.4, 0.5) is 0 Å². The minimum absolute atomic E-state index is 0.860. The van der Waals surface area contributed by atoms with E-state index in [9.17, 15) is 0 Å². The smallest absolute Gasteiger partial charge is 0.0762 e. The summed E-state index contributed by atoms with van der Waals surface area (Å²) in [4.78, 5) is 2.28. The van der Waals surface area contributed by atoms with E-state index >= 15 is 0 Å². The third-order valence-electron chi connectivity index (χ3n) is 2.29. The zero-order valence-corrected chi connectivity index (χ0v) is 9.32. The van der Waals surface area contributed by atoms with Crippen molar-refractivity contribution >= 4 is 0 Å². The van der Waals surface area contributed by atoms with Crippen molar-refractivity contribution in [2.45, 2.75) is 13.5 Å². The summed E-state index contributed by atoms with van der Waals surface area (Å²) in [5, 5.41) is 7.65. The summed E-state index contributed by atoms with van der Waals surface area (Å²) in [7, 11) is 4.07. The summed E-state index contributed by atoms with van der Waals surface area (Å²) in [5.41, 5.74) is 1.10. The molecule has 80 valence electrons. The average molecular weight is 196 g/mol. The molecule has 1 rings (SSSR count). The van der Waals surface area contributed by atoms with Gasteiger partial charge in [-0.15, -0.1) is 0 Å². The Bertz CT molecular complexity index is 256. The first-order chi connectivity index (χ1) is 6.72. The molecule has 4 nitrogen and oxygen atoms in total. The Morgan fingerprint density at radius 3 is 2.93 bits per heavy atom. The maximum absolute atomic E-state index is 4.29. The van der Waals surface area contributed by atoms with Gasteiger partial charge in [0.2, 0.25) is 0 Å². The molecule has 0 aliphatic heterocycles. The van der Waals surface area contributed by atoms with Gasteiger partial charge in [0.25, 0.3) is 0 Å². The molecule has 1 heterocycles. The summed E-state index contributed by atoms with van der Waals surface area (Å²) in [5.74, 6) is 0. The standard InChI is InChI=1S/C10H20N4/c1-4-13(2)8-6-11-9-10-5-7-14(3)12-10/h5,7,11H,4,6,8-9H2,1-3H3. The van der Waals surface area contributed by atoms with Crippen LogP contribution in [0.2, 0.25) is 0 Å². The molecule has 0 saturated heterocycles. The van der Waals surface area contributed by atoms with Gasteiger partial charge >= 0.3 is 0 Å². The highest BCUT2D eigenvalue weighted by Crippen LogP contribution is 1.92. The van der Waals surface area contributed by atoms with Gasteiger partial charge in [-0.3, -0.25) is 4.68 Å². The quantitative estimate of drug-likeness (QED) is 0.671. The highest BCUT2D eigenvalue weighted by molar-refractivity contribution is 4.97. The van der Waals surface area contributed by atoms with Gasteiger partial charge in [0, 0.05) is 32.9 Å². The van der Waals surface area contributed by atoms with E-state index < -0.39 is 0 Å². The lowest BCUT2D eigenvalue weighted by Crippen LogP contribution is -2.28. The Morgan fingerprint density at radius 2 is 2.36 bits per heavy atom. The number of rotatable bonds is 6. The Kier molecular flexibility index (Phi) is 4.62. The van der Waals surface area contributed by atoms with Crippen LogP contribution in [0.5, 0.6) is 0 Å². The molecular weight excluding hydrogens is 176 g/mol. The Labute approximate surface area is 85.9 Å². The molecule has 0 aliphatic carbocycles. The predicted octanol–water partition coefficient (Wildman–Crippen LogP) is 0.461. The SMILES string of the molecule is CCN(C)CCNCc1ccn(C)n1. The molecule has 0 amide bonds. The Balaban J connectivity index is 2.10. The van der Waals surface area contributed by atoms with E-state index in [0.29, 0.717) is 0 Å². The number of aryl methyl sites for hydroxylation is 1. The molecule has 1 aromatic rings. The number of nitrogens with one attached hydrogen (secondary N) is 1. The number of hydrogen-bond donors (Lipinski definition) is 1. The number of likely N-dealkylation sites (N-methyl/N-ethyl adjacent to an activating group) is 1. The van der Waals surface area contributed by atoms with Crippen molar-refractivity contribution in [3.8, 4) is 0 Å². The van der Waals surface area contributed by atoms with Crippen molar-refractivity contribution in [1.82, 2.24) is 20.0 Å². The van der Waals surface area contributed by atoms with Crippen LogP contribution in [-0.4, -0.2) is 41.4 Å². The van der Waals surface area contributed by atoms with Crippen LogP contribution < -0.4 is 5.32 Å². The maximum atomic E-state index is 4.29. The molecule has 0 unspecified atom stereocenters. The van der Waals surface area contributed by atoms with E-state index in [2.05, 4.69) is 29.3 Å². The number of nitrogens with zero attached hydrogens (tertiary/aromatic N) is 3. The minimum atomic E-state index is 0.860. The second-order valence-corrected chi connectivity index (χ2v) is 3.55. The fraction of sp³-hybridized carbons (Fsp3) is 0.700. The van der Waals surface area contributed by atoms with Gasteiger partial charge in [-0.25, -0.2) is 0 Å². The third-order valence-corrected chi connectivity index (χ3v) is 2.29. The molecule has 1 aromatic heterocycles. The maximum Gasteiger partial charge on any atom is 0.0762 e. The van der Waals surface area contributed by atoms with E-state index in [0.717, 1.165) is 31.9 Å². The fourth-order valence-electron chi connectivity index (χ4n) is 1.20. The van der Waals surface area contributed by atoms with E-state index in [1.165, 1.54) is 0 Å². The minimum Gasteiger partial charge on any atom is -0.310 e. The van der Waals surface area contributed by atoms with Crippen LogP contribution in [-0.2, 0) is 13.6 Å². The summed E-state index contributed by atoms with van der Waals surface area (Å²) in [6.07, 6.45) is 1.97. The molecular formula is C10H20N4. The molecule has 0 radical (unpaired) electrons.